The monoisotopic (exact) mass is 666 g/mol. The number of halogens is 2. The third-order valence-corrected chi connectivity index (χ3v) is 10.7. The summed E-state index contributed by atoms with van der Waals surface area (Å²) in [6.07, 6.45) is 3.85. The maximum Gasteiger partial charge on any atom is 0.303 e. The molecule has 1 saturated carbocycles. The second-order valence-electron chi connectivity index (χ2n) is 13.0. The SMILES string of the molecule is CCOc1cc([C@H]2C3=CC[C@@H]4C(=O)N(CCCCCC(=O)O)C(=O)[C@@H]4[C@@H]3C[C@H]3C(=O)N(c4ccc(F)c(Cl)c4)C(=O)[C@@]23C)ccc1O. The summed E-state index contributed by atoms with van der Waals surface area (Å²) in [7, 11) is 0. The van der Waals surface area contributed by atoms with E-state index in [1.807, 2.05) is 6.08 Å². The number of hydrogen-bond acceptors (Lipinski definition) is 7. The minimum Gasteiger partial charge on any atom is -0.504 e. The van der Waals surface area contributed by atoms with Gasteiger partial charge in [-0.15, -0.1) is 0 Å². The number of allylic oxidation sites excluding steroid dienone is 2. The molecule has 47 heavy (non-hydrogen) atoms. The minimum absolute atomic E-state index is 0.0141. The Morgan fingerprint density at radius 2 is 1.81 bits per heavy atom. The van der Waals surface area contributed by atoms with E-state index in [1.165, 1.54) is 23.1 Å². The van der Waals surface area contributed by atoms with E-state index >= 15 is 0 Å². The molecule has 4 aliphatic rings. The third kappa shape index (κ3) is 5.28. The first-order chi connectivity index (χ1) is 22.4. The number of carboxylic acid groups (broad SMARTS) is 1. The molecule has 0 unspecified atom stereocenters. The van der Waals surface area contributed by atoms with Crippen LogP contribution in [0.5, 0.6) is 11.5 Å². The van der Waals surface area contributed by atoms with E-state index in [2.05, 4.69) is 0 Å². The van der Waals surface area contributed by atoms with Gasteiger partial charge in [0.25, 0.3) is 0 Å². The van der Waals surface area contributed by atoms with Crippen LogP contribution in [0.1, 0.15) is 63.9 Å². The first-order valence-corrected chi connectivity index (χ1v) is 16.3. The second-order valence-corrected chi connectivity index (χ2v) is 13.4. The highest BCUT2D eigenvalue weighted by Gasteiger charge is 2.67. The smallest absolute Gasteiger partial charge is 0.303 e. The lowest BCUT2D eigenvalue weighted by Crippen LogP contribution is -2.48. The number of aromatic hydroxyl groups is 1. The van der Waals surface area contributed by atoms with E-state index in [4.69, 9.17) is 21.4 Å². The first-order valence-electron chi connectivity index (χ1n) is 16.0. The first kappa shape index (κ1) is 32.7. The zero-order valence-corrected chi connectivity index (χ0v) is 26.8. The molecule has 2 N–H and O–H groups in total. The van der Waals surface area contributed by atoms with Crippen molar-refractivity contribution in [3.8, 4) is 11.5 Å². The number of rotatable bonds is 10. The standard InChI is InChI=1S/C35H36ClFN2O8/c1-3-47-27-15-18(8-13-26(27)40)30-20-10-11-21-29(33(45)38(31(21)43)14-6-4-5-7-28(41)42)22(20)17-23-32(44)39(34(46)35(23,30)2)19-9-12-25(37)24(36)16-19/h8-10,12-13,15-16,21-23,29-30,40H,3-7,11,14,17H2,1-2H3,(H,41,42)/t21-,22+,23-,29-,30-,35+/m0/s1. The average Bonchev–Trinajstić information content (AvgIpc) is 3.39. The topological polar surface area (TPSA) is 142 Å². The molecule has 2 saturated heterocycles. The van der Waals surface area contributed by atoms with Crippen molar-refractivity contribution in [2.45, 2.75) is 58.3 Å². The van der Waals surface area contributed by atoms with Crippen LogP contribution >= 0.6 is 11.6 Å². The number of nitrogens with zero attached hydrogens (tertiary/aromatic N) is 2. The lowest BCUT2D eigenvalue weighted by molar-refractivity contribution is -0.141. The van der Waals surface area contributed by atoms with Crippen LogP contribution in [0.25, 0.3) is 0 Å². The predicted molar refractivity (Wildman–Crippen MR) is 168 cm³/mol. The van der Waals surface area contributed by atoms with Gasteiger partial charge >= 0.3 is 5.97 Å². The predicted octanol–water partition coefficient (Wildman–Crippen LogP) is 5.46. The molecule has 0 radical (unpaired) electrons. The zero-order valence-electron chi connectivity index (χ0n) is 26.1. The quantitative estimate of drug-likeness (QED) is 0.194. The normalized spacial score (nSPS) is 28.3. The number of phenolic OH excluding ortho intramolecular Hbond substituents is 1. The van der Waals surface area contributed by atoms with Crippen LogP contribution in [0.2, 0.25) is 5.02 Å². The number of hydrogen-bond donors (Lipinski definition) is 2. The average molecular weight is 667 g/mol. The molecule has 2 aliphatic heterocycles. The van der Waals surface area contributed by atoms with Crippen LogP contribution in [0.4, 0.5) is 10.1 Å². The van der Waals surface area contributed by atoms with Crippen molar-refractivity contribution in [3.63, 3.8) is 0 Å². The van der Waals surface area contributed by atoms with Gasteiger partial charge in [-0.1, -0.05) is 35.7 Å². The molecule has 2 aromatic rings. The molecule has 0 bridgehead atoms. The number of carbonyl (C=O) groups is 5. The van der Waals surface area contributed by atoms with Gasteiger partial charge in [-0.3, -0.25) is 28.9 Å². The van der Waals surface area contributed by atoms with Crippen molar-refractivity contribution in [3.05, 3.63) is 64.5 Å². The number of unbranched alkanes of at least 4 members (excludes halogenated alkanes) is 2. The number of carbonyl (C=O) groups excluding carboxylic acids is 4. The molecule has 2 aliphatic carbocycles. The van der Waals surface area contributed by atoms with Crippen molar-refractivity contribution in [1.82, 2.24) is 4.90 Å². The molecular weight excluding hydrogens is 631 g/mol. The Morgan fingerprint density at radius 1 is 1.04 bits per heavy atom. The summed E-state index contributed by atoms with van der Waals surface area (Å²) in [5.41, 5.74) is 0.198. The molecule has 6 atom stereocenters. The van der Waals surface area contributed by atoms with Crippen molar-refractivity contribution in [1.29, 1.82) is 0 Å². The summed E-state index contributed by atoms with van der Waals surface area (Å²) < 4.78 is 19.8. The van der Waals surface area contributed by atoms with Crippen LogP contribution in [0.3, 0.4) is 0 Å². The molecule has 6 rings (SSSR count). The highest BCUT2D eigenvalue weighted by molar-refractivity contribution is 6.31. The molecule has 12 heteroatoms. The number of imide groups is 2. The maximum atomic E-state index is 14.5. The van der Waals surface area contributed by atoms with Gasteiger partial charge in [-0.05, 0) is 81.3 Å². The summed E-state index contributed by atoms with van der Waals surface area (Å²) >= 11 is 6.06. The number of fused-ring (bicyclic) bond motifs is 4. The Morgan fingerprint density at radius 3 is 2.51 bits per heavy atom. The second kappa shape index (κ2) is 12.4. The number of ether oxygens (including phenoxy) is 1. The number of amides is 4. The number of carboxylic acids is 1. The lowest BCUT2D eigenvalue weighted by atomic mass is 9.51. The molecule has 10 nitrogen and oxygen atoms in total. The fourth-order valence-corrected chi connectivity index (χ4v) is 8.43. The van der Waals surface area contributed by atoms with Gasteiger partial charge in [0.15, 0.2) is 11.5 Å². The van der Waals surface area contributed by atoms with Gasteiger partial charge in [-0.25, -0.2) is 9.29 Å². The molecular formula is C35H36ClFN2O8. The summed E-state index contributed by atoms with van der Waals surface area (Å²) in [4.78, 5) is 69.5. The van der Waals surface area contributed by atoms with Crippen molar-refractivity contribution >= 4 is 46.9 Å². The Kier molecular flexibility index (Phi) is 8.63. The largest absolute Gasteiger partial charge is 0.504 e. The number of anilines is 1. The van der Waals surface area contributed by atoms with Gasteiger partial charge in [0, 0.05) is 18.9 Å². The molecule has 248 valence electrons. The van der Waals surface area contributed by atoms with Gasteiger partial charge in [-0.2, -0.15) is 0 Å². The molecule has 0 spiro atoms. The maximum absolute atomic E-state index is 14.5. The van der Waals surface area contributed by atoms with Crippen LogP contribution in [-0.2, 0) is 24.0 Å². The molecule has 2 aromatic carbocycles. The Hall–Kier alpha value is -4.25. The number of aliphatic carboxylic acids is 1. The third-order valence-electron chi connectivity index (χ3n) is 10.4. The fourth-order valence-electron chi connectivity index (χ4n) is 8.26. The molecule has 4 amide bonds. The van der Waals surface area contributed by atoms with E-state index in [-0.39, 0.29) is 66.4 Å². The zero-order chi connectivity index (χ0) is 33.8. The summed E-state index contributed by atoms with van der Waals surface area (Å²) in [6.45, 7) is 3.96. The van der Waals surface area contributed by atoms with E-state index in [0.29, 0.717) is 24.8 Å². The summed E-state index contributed by atoms with van der Waals surface area (Å²) in [5, 5.41) is 19.2. The number of likely N-dealkylation sites (tertiary alicyclic amines) is 1. The Labute approximate surface area is 276 Å². The van der Waals surface area contributed by atoms with Gasteiger partial charge < -0.3 is 14.9 Å². The van der Waals surface area contributed by atoms with E-state index in [1.54, 1.807) is 26.0 Å². The Balaban J connectivity index is 1.41. The lowest BCUT2D eigenvalue weighted by Gasteiger charge is -2.49. The van der Waals surface area contributed by atoms with Crippen LogP contribution in [0.15, 0.2) is 48.0 Å². The summed E-state index contributed by atoms with van der Waals surface area (Å²) in [5.74, 6) is -6.53. The highest BCUT2D eigenvalue weighted by Crippen LogP contribution is 2.64. The Bertz CT molecular complexity index is 1710. The van der Waals surface area contributed by atoms with Crippen molar-refractivity contribution in [2.24, 2.45) is 29.1 Å². The molecule has 2 heterocycles. The number of phenols is 1. The fraction of sp³-hybridized carbons (Fsp3) is 0.457. The van der Waals surface area contributed by atoms with Gasteiger partial charge in [0.05, 0.1) is 40.5 Å². The van der Waals surface area contributed by atoms with E-state index in [9.17, 15) is 33.5 Å². The van der Waals surface area contributed by atoms with E-state index in [0.717, 1.165) is 16.5 Å². The summed E-state index contributed by atoms with van der Waals surface area (Å²) in [6, 6.07) is 8.48. The highest BCUT2D eigenvalue weighted by atomic mass is 35.5. The van der Waals surface area contributed by atoms with Crippen LogP contribution in [-0.4, -0.2) is 57.9 Å². The van der Waals surface area contributed by atoms with Crippen molar-refractivity contribution < 1.29 is 43.3 Å². The molecule has 3 fully saturated rings. The van der Waals surface area contributed by atoms with Gasteiger partial charge in [0.1, 0.15) is 5.82 Å². The van der Waals surface area contributed by atoms with Crippen molar-refractivity contribution in [2.75, 3.05) is 18.1 Å². The van der Waals surface area contributed by atoms with E-state index < -0.39 is 58.6 Å². The molecule has 0 aromatic heterocycles. The minimum atomic E-state index is -1.33. The van der Waals surface area contributed by atoms with Gasteiger partial charge in [0.2, 0.25) is 23.6 Å². The van der Waals surface area contributed by atoms with Crippen LogP contribution < -0.4 is 9.64 Å². The van der Waals surface area contributed by atoms with Crippen LogP contribution in [0, 0.1) is 34.9 Å². The number of benzene rings is 2.